The molecular formula is C13H21N5O2. The van der Waals surface area contributed by atoms with Crippen LogP contribution in [-0.4, -0.2) is 52.3 Å². The molecule has 1 fully saturated rings. The molecule has 2 heterocycles. The van der Waals surface area contributed by atoms with Crippen molar-refractivity contribution in [2.75, 3.05) is 19.6 Å². The highest BCUT2D eigenvalue weighted by atomic mass is 16.2. The lowest BCUT2D eigenvalue weighted by atomic mass is 10.1. The Bertz CT molecular complexity index is 499. The predicted molar refractivity (Wildman–Crippen MR) is 74.3 cm³/mol. The molecule has 0 radical (unpaired) electrons. The summed E-state index contributed by atoms with van der Waals surface area (Å²) in [6.45, 7) is 7.16. The Morgan fingerprint density at radius 1 is 1.55 bits per heavy atom. The highest BCUT2D eigenvalue weighted by Gasteiger charge is 2.26. The van der Waals surface area contributed by atoms with Crippen molar-refractivity contribution >= 4 is 11.9 Å². The zero-order valence-corrected chi connectivity index (χ0v) is 12.1. The normalized spacial score (nSPS) is 17.9. The van der Waals surface area contributed by atoms with Crippen molar-refractivity contribution in [3.63, 3.8) is 0 Å². The van der Waals surface area contributed by atoms with Gasteiger partial charge < -0.3 is 10.6 Å². The smallest absolute Gasteiger partial charge is 0.324 e. The number of rotatable bonds is 5. The summed E-state index contributed by atoms with van der Waals surface area (Å²) in [6.07, 6.45) is 3.78. The number of urea groups is 1. The van der Waals surface area contributed by atoms with Crippen molar-refractivity contribution in [2.24, 2.45) is 0 Å². The van der Waals surface area contributed by atoms with Gasteiger partial charge in [0, 0.05) is 25.3 Å². The van der Waals surface area contributed by atoms with Crippen LogP contribution in [0.1, 0.15) is 25.5 Å². The van der Waals surface area contributed by atoms with Gasteiger partial charge in [0.25, 0.3) is 0 Å². The first-order valence-corrected chi connectivity index (χ1v) is 6.81. The Morgan fingerprint density at radius 2 is 2.30 bits per heavy atom. The number of carbonyl (C=O) groups is 2. The van der Waals surface area contributed by atoms with E-state index < -0.39 is 0 Å². The number of nitrogens with one attached hydrogen (secondary N) is 2. The molecule has 1 aliphatic heterocycles. The van der Waals surface area contributed by atoms with Crippen LogP contribution in [0.25, 0.3) is 0 Å². The van der Waals surface area contributed by atoms with E-state index >= 15 is 0 Å². The first kappa shape index (κ1) is 14.5. The molecule has 1 aromatic heterocycles. The van der Waals surface area contributed by atoms with E-state index in [1.807, 2.05) is 37.8 Å². The minimum atomic E-state index is -0.305. The van der Waals surface area contributed by atoms with Gasteiger partial charge in [-0.3, -0.25) is 14.4 Å². The van der Waals surface area contributed by atoms with Crippen LogP contribution < -0.4 is 10.6 Å². The van der Waals surface area contributed by atoms with Crippen LogP contribution in [0.3, 0.4) is 0 Å². The summed E-state index contributed by atoms with van der Waals surface area (Å²) in [6, 6.07) is -0.104. The molecule has 0 aromatic carbocycles. The maximum atomic E-state index is 11.9. The van der Waals surface area contributed by atoms with Crippen LogP contribution in [-0.2, 0) is 4.79 Å². The van der Waals surface area contributed by atoms with Gasteiger partial charge in [0.2, 0.25) is 5.91 Å². The molecule has 110 valence electrons. The third kappa shape index (κ3) is 3.16. The molecule has 0 unspecified atom stereocenters. The zero-order valence-electron chi connectivity index (χ0n) is 12.1. The summed E-state index contributed by atoms with van der Waals surface area (Å²) in [5.41, 5.74) is 1.11. The van der Waals surface area contributed by atoms with Crippen LogP contribution >= 0.6 is 0 Å². The molecule has 2 atom stereocenters. The highest BCUT2D eigenvalue weighted by molar-refractivity contribution is 5.96. The average molecular weight is 279 g/mol. The second-order valence-electron chi connectivity index (χ2n) is 5.19. The van der Waals surface area contributed by atoms with E-state index in [4.69, 9.17) is 0 Å². The predicted octanol–water partition coefficient (Wildman–Crippen LogP) is 0.282. The van der Waals surface area contributed by atoms with E-state index in [0.717, 1.165) is 5.56 Å². The molecule has 20 heavy (non-hydrogen) atoms. The molecule has 1 aliphatic rings. The van der Waals surface area contributed by atoms with E-state index in [2.05, 4.69) is 15.7 Å². The standard InChI is InChI=1S/C13H21N5O2/c1-9-6-16-18(8-9)11(3)10(2)15-7-12(19)17-5-4-14-13(17)20/h6,8,10-11,15H,4-5,7H2,1-3H3,(H,14,20)/t10-,11-/m1/s1. The summed E-state index contributed by atoms with van der Waals surface area (Å²) < 4.78 is 1.88. The summed E-state index contributed by atoms with van der Waals surface area (Å²) in [7, 11) is 0. The van der Waals surface area contributed by atoms with Crippen molar-refractivity contribution in [3.05, 3.63) is 18.0 Å². The van der Waals surface area contributed by atoms with Gasteiger partial charge in [0.1, 0.15) is 0 Å². The van der Waals surface area contributed by atoms with Crippen molar-refractivity contribution in [3.8, 4) is 0 Å². The van der Waals surface area contributed by atoms with Crippen molar-refractivity contribution < 1.29 is 9.59 Å². The Labute approximate surface area is 118 Å². The van der Waals surface area contributed by atoms with Crippen molar-refractivity contribution in [2.45, 2.75) is 32.9 Å². The monoisotopic (exact) mass is 279 g/mol. The van der Waals surface area contributed by atoms with Crippen LogP contribution in [0.15, 0.2) is 12.4 Å². The van der Waals surface area contributed by atoms with Gasteiger partial charge in [0.05, 0.1) is 18.8 Å². The topological polar surface area (TPSA) is 79.3 Å². The average Bonchev–Trinajstić information content (AvgIpc) is 3.03. The minimum absolute atomic E-state index is 0.0731. The van der Waals surface area contributed by atoms with Crippen LogP contribution in [0, 0.1) is 6.92 Å². The number of aromatic nitrogens is 2. The summed E-state index contributed by atoms with van der Waals surface area (Å²) >= 11 is 0. The number of imide groups is 1. The largest absolute Gasteiger partial charge is 0.336 e. The Kier molecular flexibility index (Phi) is 4.39. The maximum absolute atomic E-state index is 11.9. The van der Waals surface area contributed by atoms with Gasteiger partial charge in [-0.05, 0) is 26.3 Å². The number of nitrogens with zero attached hydrogens (tertiary/aromatic N) is 3. The lowest BCUT2D eigenvalue weighted by Gasteiger charge is -2.22. The molecule has 0 saturated carbocycles. The van der Waals surface area contributed by atoms with Gasteiger partial charge in [0.15, 0.2) is 0 Å². The fourth-order valence-corrected chi connectivity index (χ4v) is 2.11. The Balaban J connectivity index is 1.84. The number of hydrogen-bond acceptors (Lipinski definition) is 4. The number of amides is 3. The van der Waals surface area contributed by atoms with Crippen LogP contribution in [0.5, 0.6) is 0 Å². The molecule has 0 spiro atoms. The molecule has 1 aromatic rings. The van der Waals surface area contributed by atoms with Gasteiger partial charge in [-0.2, -0.15) is 5.10 Å². The molecule has 2 N–H and O–H groups in total. The Morgan fingerprint density at radius 3 is 2.85 bits per heavy atom. The fraction of sp³-hybridized carbons (Fsp3) is 0.615. The molecule has 0 aliphatic carbocycles. The zero-order chi connectivity index (χ0) is 14.7. The first-order chi connectivity index (χ1) is 9.49. The minimum Gasteiger partial charge on any atom is -0.336 e. The van der Waals surface area contributed by atoms with E-state index in [1.54, 1.807) is 0 Å². The number of aryl methyl sites for hydroxylation is 1. The molecule has 0 bridgehead atoms. The van der Waals surface area contributed by atoms with Crippen molar-refractivity contribution in [1.29, 1.82) is 0 Å². The number of hydrogen-bond donors (Lipinski definition) is 2. The lowest BCUT2D eigenvalue weighted by Crippen LogP contribution is -2.44. The van der Waals surface area contributed by atoms with Gasteiger partial charge >= 0.3 is 6.03 Å². The van der Waals surface area contributed by atoms with E-state index in [1.165, 1.54) is 4.90 Å². The molecular weight excluding hydrogens is 258 g/mol. The van der Waals surface area contributed by atoms with Gasteiger partial charge in [-0.15, -0.1) is 0 Å². The van der Waals surface area contributed by atoms with Gasteiger partial charge in [-0.1, -0.05) is 0 Å². The summed E-state index contributed by atoms with van der Waals surface area (Å²) in [5.74, 6) is -0.198. The highest BCUT2D eigenvalue weighted by Crippen LogP contribution is 2.10. The quantitative estimate of drug-likeness (QED) is 0.811. The van der Waals surface area contributed by atoms with Crippen LogP contribution in [0.2, 0.25) is 0 Å². The number of carbonyl (C=O) groups excluding carboxylic acids is 2. The summed E-state index contributed by atoms with van der Waals surface area (Å²) in [4.78, 5) is 24.5. The fourth-order valence-electron chi connectivity index (χ4n) is 2.11. The van der Waals surface area contributed by atoms with E-state index in [0.29, 0.717) is 13.1 Å². The third-order valence-electron chi connectivity index (χ3n) is 3.60. The molecule has 3 amide bonds. The van der Waals surface area contributed by atoms with E-state index in [-0.39, 0.29) is 30.6 Å². The lowest BCUT2D eigenvalue weighted by molar-refractivity contribution is -0.126. The molecule has 7 nitrogen and oxygen atoms in total. The van der Waals surface area contributed by atoms with Crippen molar-refractivity contribution in [1.82, 2.24) is 25.3 Å². The Hall–Kier alpha value is -1.89. The third-order valence-corrected chi connectivity index (χ3v) is 3.60. The first-order valence-electron chi connectivity index (χ1n) is 6.81. The summed E-state index contributed by atoms with van der Waals surface area (Å²) in [5, 5.41) is 10.0. The van der Waals surface area contributed by atoms with Gasteiger partial charge in [-0.25, -0.2) is 4.79 Å². The molecule has 1 saturated heterocycles. The molecule has 2 rings (SSSR count). The van der Waals surface area contributed by atoms with Crippen LogP contribution in [0.4, 0.5) is 4.79 Å². The maximum Gasteiger partial charge on any atom is 0.324 e. The molecule has 7 heteroatoms. The SMILES string of the molecule is Cc1cnn([C@H](C)[C@@H](C)NCC(=O)N2CCNC2=O)c1. The second-order valence-corrected chi connectivity index (χ2v) is 5.19. The van der Waals surface area contributed by atoms with E-state index in [9.17, 15) is 9.59 Å². The second kappa shape index (κ2) is 6.04.